The van der Waals surface area contributed by atoms with Crippen LogP contribution in [-0.4, -0.2) is 26.3 Å². The molecule has 0 saturated heterocycles. The van der Waals surface area contributed by atoms with Crippen LogP contribution in [0, 0.1) is 0 Å². The van der Waals surface area contributed by atoms with Crippen LogP contribution in [0.1, 0.15) is 25.7 Å². The van der Waals surface area contributed by atoms with Gasteiger partial charge in [0, 0.05) is 32.5 Å². The Morgan fingerprint density at radius 3 is 0.915 bits per heavy atom. The summed E-state index contributed by atoms with van der Waals surface area (Å²) in [7, 11) is -6.71. The largest absolute Gasteiger partial charge is 0.265 e. The van der Waals surface area contributed by atoms with Gasteiger partial charge in [-0.2, -0.15) is 0 Å². The van der Waals surface area contributed by atoms with Crippen molar-refractivity contribution in [3.8, 4) is 17.2 Å². The van der Waals surface area contributed by atoms with Gasteiger partial charge in [-0.25, -0.2) is 0 Å². The smallest absolute Gasteiger partial charge is 0.0267 e. The molecule has 259 valence electrons. The summed E-state index contributed by atoms with van der Waals surface area (Å²) >= 11 is 0. The first-order valence-corrected chi connectivity index (χ1v) is 17.7. The Morgan fingerprint density at radius 2 is 0.745 bits per heavy atom. The molecule has 5 rings (SSSR count). The zero-order chi connectivity index (χ0) is 34.0. The average molecular weight is 878 g/mol. The molecule has 1 aromatic heterocycles. The number of rotatable bonds is 6. The van der Waals surface area contributed by atoms with Crippen LogP contribution in [0.25, 0.3) is 0 Å². The van der Waals surface area contributed by atoms with Gasteiger partial charge in [-0.05, 0) is 111 Å². The van der Waals surface area contributed by atoms with Gasteiger partial charge in [0.25, 0.3) is 0 Å². The van der Waals surface area contributed by atoms with Crippen molar-refractivity contribution in [2.75, 3.05) is 21.3 Å². The van der Waals surface area contributed by atoms with E-state index in [1.54, 1.807) is 33.7 Å². The molecule has 0 amide bonds. The first-order chi connectivity index (χ1) is 21.7. The minimum absolute atomic E-state index is 0. The average Bonchev–Trinajstić information content (AvgIpc) is 3.02. The van der Waals surface area contributed by atoms with E-state index in [4.69, 9.17) is 14.2 Å². The van der Waals surface area contributed by atoms with Crippen LogP contribution in [0.5, 0.6) is 17.2 Å². The van der Waals surface area contributed by atoms with Crippen molar-refractivity contribution in [3.05, 3.63) is 128 Å². The molecule has 1 heterocycles. The van der Waals surface area contributed by atoms with Gasteiger partial charge >= 0.3 is 33.0 Å². The standard InChI is InChI=1S/C21H21O3P.C8H12.C5H5N.F6P.Ir/c1-22-16-4-10-19(11-5-16)25(20-12-6-17(23-2)7-13-20)21-14-8-18(24-3)9-15-21;1-2-4-6-8-7-5-3-1;1-2-4-6-5-3-1;1-7(2,3,4,5)6;/h4-15H,1-3H3;1-2,7-8H,3-6H2;1-5H;;/q;;;-1;/p+1/b;2-1-,8-7-;;;. The fourth-order valence-electron chi connectivity index (χ4n) is 3.94. The summed E-state index contributed by atoms with van der Waals surface area (Å²) in [6.45, 7) is 0. The molecule has 4 nitrogen and oxygen atoms in total. The van der Waals surface area contributed by atoms with Gasteiger partial charge < -0.3 is 14.2 Å². The zero-order valence-corrected chi connectivity index (χ0v) is 30.5. The summed E-state index contributed by atoms with van der Waals surface area (Å²) in [5, 5.41) is 3.92. The number of allylic oxidation sites excluding steroid dienone is 4. The predicted octanol–water partition coefficient (Wildman–Crippen LogP) is 10.3. The first-order valence-electron chi connectivity index (χ1n) is 14.2. The van der Waals surface area contributed by atoms with Crippen LogP contribution in [0.4, 0.5) is 25.2 Å². The van der Waals surface area contributed by atoms with E-state index in [9.17, 15) is 25.2 Å². The molecule has 47 heavy (non-hydrogen) atoms. The molecular weight excluding hydrogens is 839 g/mol. The number of hydrogen-bond acceptors (Lipinski definition) is 4. The zero-order valence-electron chi connectivity index (χ0n) is 26.2. The maximum atomic E-state index is 9.87. The second kappa shape index (κ2) is 19.6. The Labute approximate surface area is 287 Å². The van der Waals surface area contributed by atoms with Gasteiger partial charge in [0.2, 0.25) is 0 Å². The summed E-state index contributed by atoms with van der Waals surface area (Å²) in [5.74, 6) is 2.61. The van der Waals surface area contributed by atoms with Gasteiger partial charge in [0.05, 0.1) is 29.3 Å². The molecule has 1 radical (unpaired) electrons. The van der Waals surface area contributed by atoms with E-state index in [0.29, 0.717) is 0 Å². The number of halogens is 6. The Hall–Kier alpha value is -3.22. The van der Waals surface area contributed by atoms with Crippen molar-refractivity contribution in [1.29, 1.82) is 0 Å². The summed E-state index contributed by atoms with van der Waals surface area (Å²) in [6.07, 6.45) is 17.5. The van der Waals surface area contributed by atoms with Crippen LogP contribution >= 0.6 is 15.7 Å². The van der Waals surface area contributed by atoms with Gasteiger partial charge in [-0.15, -0.1) is 0 Å². The van der Waals surface area contributed by atoms with Crippen molar-refractivity contribution >= 4 is 31.6 Å². The molecule has 0 N–H and O–H groups in total. The van der Waals surface area contributed by atoms with E-state index in [2.05, 4.69) is 65.7 Å². The van der Waals surface area contributed by atoms with Crippen molar-refractivity contribution < 1.29 is 59.5 Å². The summed E-state index contributed by atoms with van der Waals surface area (Å²) in [4.78, 5) is 3.78. The Balaban J connectivity index is 0.000000406. The quantitative estimate of drug-likeness (QED) is 0.110. The molecule has 1 aliphatic rings. The Bertz CT molecular complexity index is 1300. The summed E-state index contributed by atoms with van der Waals surface area (Å²) < 4.78 is 75.1. The molecule has 1 aliphatic carbocycles. The van der Waals surface area contributed by atoms with Crippen molar-refractivity contribution in [2.45, 2.75) is 25.7 Å². The van der Waals surface area contributed by atoms with E-state index < -0.39 is 15.7 Å². The molecule has 0 spiro atoms. The Kier molecular flexibility index (Phi) is 17.4. The van der Waals surface area contributed by atoms with E-state index >= 15 is 0 Å². The van der Waals surface area contributed by atoms with Gasteiger partial charge in [0.15, 0.2) is 0 Å². The molecule has 0 bridgehead atoms. The minimum Gasteiger partial charge on any atom is -0.265 e. The van der Waals surface area contributed by atoms with E-state index in [0.717, 1.165) is 17.2 Å². The second-order valence-electron chi connectivity index (χ2n) is 9.64. The summed E-state index contributed by atoms with van der Waals surface area (Å²) in [5.41, 5.74) is 0. The van der Waals surface area contributed by atoms with E-state index in [1.165, 1.54) is 41.6 Å². The normalized spacial score (nSPS) is 14.9. The molecule has 0 atom stereocenters. The van der Waals surface area contributed by atoms with E-state index in [1.807, 2.05) is 54.6 Å². The minimum atomic E-state index is -10.7. The predicted molar refractivity (Wildman–Crippen MR) is 181 cm³/mol. The molecule has 0 saturated carbocycles. The number of nitrogens with zero attached hydrogens (tertiary/aromatic N) is 1. The third-order valence-corrected chi connectivity index (χ3v) is 8.77. The molecule has 0 fully saturated rings. The summed E-state index contributed by atoms with van der Waals surface area (Å²) in [6, 6.07) is 30.8. The maximum Gasteiger partial charge on any atom is 0.0267 e. The number of aromatic nitrogens is 1. The van der Waals surface area contributed by atoms with Gasteiger partial charge in [-0.1, -0.05) is 30.4 Å². The third-order valence-electron chi connectivity index (χ3n) is 6.04. The number of benzene rings is 3. The van der Waals surface area contributed by atoms with Crippen molar-refractivity contribution in [1.82, 2.24) is 4.98 Å². The molecule has 13 heteroatoms. The number of pyridine rings is 1. The van der Waals surface area contributed by atoms with Crippen LogP contribution < -0.4 is 30.1 Å². The SMILES string of the molecule is C1=C\CC/C=C\CC/1.COc1ccc([PH+](c2ccc(OC)cc2)c2ccc(OC)cc2)cc1.F[P-](F)(F)(F)(F)F.[Ir].c1ccncc1. The van der Waals surface area contributed by atoms with E-state index in [-0.39, 0.29) is 20.1 Å². The first kappa shape index (κ1) is 41.8. The van der Waals surface area contributed by atoms with Crippen LogP contribution in [0.2, 0.25) is 0 Å². The number of hydrogen-bond donors (Lipinski definition) is 0. The molecule has 3 aromatic carbocycles. The molecule has 0 unspecified atom stereocenters. The van der Waals surface area contributed by atoms with Gasteiger partial charge in [-0.3, -0.25) is 4.98 Å². The third kappa shape index (κ3) is 20.6. The van der Waals surface area contributed by atoms with Crippen LogP contribution in [-0.2, 0) is 20.1 Å². The fraction of sp³-hybridized carbons (Fsp3) is 0.206. The monoisotopic (exact) mass is 878 g/mol. The molecular formula is C34H39F6IrNO3P2. The molecule has 4 aromatic rings. The second-order valence-corrected chi connectivity index (χ2v) is 14.0. The molecule has 0 aliphatic heterocycles. The maximum absolute atomic E-state index is 10.7. The Morgan fingerprint density at radius 1 is 0.489 bits per heavy atom. The fourth-order valence-corrected chi connectivity index (χ4v) is 6.44. The van der Waals surface area contributed by atoms with Crippen LogP contribution in [0.3, 0.4) is 0 Å². The number of methoxy groups -OCH3 is 3. The topological polar surface area (TPSA) is 40.6 Å². The van der Waals surface area contributed by atoms with Crippen molar-refractivity contribution in [3.63, 3.8) is 0 Å². The van der Waals surface area contributed by atoms with Crippen LogP contribution in [0.15, 0.2) is 128 Å². The number of ether oxygens (including phenoxy) is 3. The van der Waals surface area contributed by atoms with Gasteiger partial charge in [0.1, 0.15) is 33.2 Å². The van der Waals surface area contributed by atoms with Crippen molar-refractivity contribution in [2.24, 2.45) is 0 Å².